The van der Waals surface area contributed by atoms with Crippen LogP contribution < -0.4 is 19.5 Å². The largest absolute Gasteiger partial charge is 0.497 e. The molecule has 0 spiro atoms. The van der Waals surface area contributed by atoms with E-state index < -0.39 is 6.09 Å². The summed E-state index contributed by atoms with van der Waals surface area (Å²) in [6, 6.07) is 14.2. The SMILES string of the molecule is COc1ccc(OC)c(NC(=O)Oc2cccc3cccnc23)c1. The number of aromatic nitrogens is 1. The quantitative estimate of drug-likeness (QED) is 0.789. The smallest absolute Gasteiger partial charge is 0.417 e. The molecule has 0 aliphatic heterocycles. The van der Waals surface area contributed by atoms with Crippen molar-refractivity contribution in [3.05, 3.63) is 54.7 Å². The Morgan fingerprint density at radius 2 is 1.83 bits per heavy atom. The zero-order valence-electron chi connectivity index (χ0n) is 13.3. The number of pyridine rings is 1. The van der Waals surface area contributed by atoms with Gasteiger partial charge >= 0.3 is 6.09 Å². The predicted molar refractivity (Wildman–Crippen MR) is 90.9 cm³/mol. The fourth-order valence-electron chi connectivity index (χ4n) is 2.31. The number of hydrogen-bond donors (Lipinski definition) is 1. The van der Waals surface area contributed by atoms with Gasteiger partial charge in [-0.3, -0.25) is 10.3 Å². The molecular weight excluding hydrogens is 308 g/mol. The molecule has 0 aliphatic rings. The molecular formula is C18H16N2O4. The van der Waals surface area contributed by atoms with E-state index in [2.05, 4.69) is 10.3 Å². The Balaban J connectivity index is 1.83. The first kappa shape index (κ1) is 15.6. The molecule has 1 aromatic heterocycles. The van der Waals surface area contributed by atoms with Gasteiger partial charge in [-0.1, -0.05) is 18.2 Å². The summed E-state index contributed by atoms with van der Waals surface area (Å²) in [5.41, 5.74) is 1.07. The average Bonchev–Trinajstić information content (AvgIpc) is 2.62. The van der Waals surface area contributed by atoms with Gasteiger partial charge in [-0.15, -0.1) is 0 Å². The third-order valence-corrected chi connectivity index (χ3v) is 3.44. The summed E-state index contributed by atoms with van der Waals surface area (Å²) in [6.07, 6.45) is 1.01. The topological polar surface area (TPSA) is 69.7 Å². The van der Waals surface area contributed by atoms with Crippen LogP contribution in [0.25, 0.3) is 10.9 Å². The van der Waals surface area contributed by atoms with E-state index >= 15 is 0 Å². The van der Waals surface area contributed by atoms with E-state index in [1.54, 1.807) is 43.6 Å². The zero-order valence-corrected chi connectivity index (χ0v) is 13.3. The van der Waals surface area contributed by atoms with Gasteiger partial charge in [0.15, 0.2) is 5.75 Å². The maximum Gasteiger partial charge on any atom is 0.417 e. The molecule has 0 saturated carbocycles. The van der Waals surface area contributed by atoms with Crippen molar-refractivity contribution in [3.63, 3.8) is 0 Å². The average molecular weight is 324 g/mol. The van der Waals surface area contributed by atoms with Crippen molar-refractivity contribution in [1.29, 1.82) is 0 Å². The number of methoxy groups -OCH3 is 2. The van der Waals surface area contributed by atoms with E-state index in [0.29, 0.717) is 28.5 Å². The first-order valence-corrected chi connectivity index (χ1v) is 7.26. The Hall–Kier alpha value is -3.28. The number of fused-ring (bicyclic) bond motifs is 1. The number of para-hydroxylation sites is 1. The third-order valence-electron chi connectivity index (χ3n) is 3.44. The molecule has 0 aliphatic carbocycles. The molecule has 1 heterocycles. The molecule has 0 fully saturated rings. The molecule has 0 unspecified atom stereocenters. The lowest BCUT2D eigenvalue weighted by Crippen LogP contribution is -2.17. The van der Waals surface area contributed by atoms with Crippen molar-refractivity contribution in [2.75, 3.05) is 19.5 Å². The number of amides is 1. The van der Waals surface area contributed by atoms with Crippen molar-refractivity contribution in [2.24, 2.45) is 0 Å². The normalized spacial score (nSPS) is 10.2. The maximum absolute atomic E-state index is 12.2. The van der Waals surface area contributed by atoms with Crippen LogP contribution in [-0.2, 0) is 0 Å². The van der Waals surface area contributed by atoms with Crippen LogP contribution in [0.1, 0.15) is 0 Å². The van der Waals surface area contributed by atoms with Crippen molar-refractivity contribution < 1.29 is 19.0 Å². The Kier molecular flexibility index (Phi) is 4.47. The first-order chi connectivity index (χ1) is 11.7. The van der Waals surface area contributed by atoms with Gasteiger partial charge in [0.25, 0.3) is 0 Å². The number of carbonyl (C=O) groups excluding carboxylic acids is 1. The second kappa shape index (κ2) is 6.87. The molecule has 1 amide bonds. The fraction of sp³-hybridized carbons (Fsp3) is 0.111. The molecule has 0 radical (unpaired) electrons. The van der Waals surface area contributed by atoms with Crippen LogP contribution >= 0.6 is 0 Å². The highest BCUT2D eigenvalue weighted by molar-refractivity contribution is 5.92. The molecule has 122 valence electrons. The highest BCUT2D eigenvalue weighted by Crippen LogP contribution is 2.29. The molecule has 0 saturated heterocycles. The lowest BCUT2D eigenvalue weighted by molar-refractivity contribution is 0.215. The van der Waals surface area contributed by atoms with Crippen LogP contribution in [0.5, 0.6) is 17.2 Å². The summed E-state index contributed by atoms with van der Waals surface area (Å²) in [5, 5.41) is 3.55. The monoisotopic (exact) mass is 324 g/mol. The van der Waals surface area contributed by atoms with E-state index in [9.17, 15) is 4.79 Å². The number of nitrogens with one attached hydrogen (secondary N) is 1. The Morgan fingerprint density at radius 1 is 1.00 bits per heavy atom. The van der Waals surface area contributed by atoms with Gasteiger partial charge in [-0.2, -0.15) is 0 Å². The third kappa shape index (κ3) is 3.22. The van der Waals surface area contributed by atoms with E-state index in [1.807, 2.05) is 18.2 Å². The molecule has 0 bridgehead atoms. The first-order valence-electron chi connectivity index (χ1n) is 7.26. The summed E-state index contributed by atoms with van der Waals surface area (Å²) < 4.78 is 15.8. The van der Waals surface area contributed by atoms with E-state index in [-0.39, 0.29) is 0 Å². The van der Waals surface area contributed by atoms with Crippen LogP contribution in [0.3, 0.4) is 0 Å². The lowest BCUT2D eigenvalue weighted by atomic mass is 10.2. The van der Waals surface area contributed by atoms with Crippen molar-refractivity contribution >= 4 is 22.7 Å². The summed E-state index contributed by atoms with van der Waals surface area (Å²) in [5.74, 6) is 1.48. The number of hydrogen-bond acceptors (Lipinski definition) is 5. The summed E-state index contributed by atoms with van der Waals surface area (Å²) >= 11 is 0. The summed E-state index contributed by atoms with van der Waals surface area (Å²) in [6.45, 7) is 0. The molecule has 6 nitrogen and oxygen atoms in total. The number of nitrogens with zero attached hydrogens (tertiary/aromatic N) is 1. The van der Waals surface area contributed by atoms with Gasteiger partial charge in [-0.05, 0) is 24.3 Å². The van der Waals surface area contributed by atoms with Crippen LogP contribution in [0.15, 0.2) is 54.7 Å². The standard InChI is InChI=1S/C18H16N2O4/c1-22-13-8-9-15(23-2)14(11-13)20-18(21)24-16-7-3-5-12-6-4-10-19-17(12)16/h3-11H,1-2H3,(H,20,21). The van der Waals surface area contributed by atoms with Gasteiger partial charge in [-0.25, -0.2) is 4.79 Å². The van der Waals surface area contributed by atoms with Gasteiger partial charge in [0.2, 0.25) is 0 Å². The van der Waals surface area contributed by atoms with Crippen LogP contribution in [0.4, 0.5) is 10.5 Å². The molecule has 0 atom stereocenters. The second-order valence-corrected chi connectivity index (χ2v) is 4.91. The highest BCUT2D eigenvalue weighted by atomic mass is 16.6. The molecule has 2 aromatic carbocycles. The van der Waals surface area contributed by atoms with Gasteiger partial charge in [0, 0.05) is 17.6 Å². The molecule has 24 heavy (non-hydrogen) atoms. The van der Waals surface area contributed by atoms with Gasteiger partial charge in [0.05, 0.1) is 19.9 Å². The van der Waals surface area contributed by atoms with Crippen LogP contribution in [-0.4, -0.2) is 25.3 Å². The Labute approximate surface area is 139 Å². The fourth-order valence-corrected chi connectivity index (χ4v) is 2.31. The number of anilines is 1. The van der Waals surface area contributed by atoms with Crippen molar-refractivity contribution in [2.45, 2.75) is 0 Å². The summed E-state index contributed by atoms with van der Waals surface area (Å²) in [7, 11) is 3.07. The van der Waals surface area contributed by atoms with Crippen molar-refractivity contribution in [3.8, 4) is 17.2 Å². The Morgan fingerprint density at radius 3 is 2.62 bits per heavy atom. The minimum Gasteiger partial charge on any atom is -0.497 e. The number of ether oxygens (including phenoxy) is 3. The maximum atomic E-state index is 12.2. The molecule has 3 aromatic rings. The predicted octanol–water partition coefficient (Wildman–Crippen LogP) is 3.86. The number of rotatable bonds is 4. The van der Waals surface area contributed by atoms with Crippen LogP contribution in [0, 0.1) is 0 Å². The van der Waals surface area contributed by atoms with Crippen LogP contribution in [0.2, 0.25) is 0 Å². The Bertz CT molecular complexity index is 875. The molecule has 6 heteroatoms. The van der Waals surface area contributed by atoms with E-state index in [0.717, 1.165) is 5.39 Å². The second-order valence-electron chi connectivity index (χ2n) is 4.91. The molecule has 1 N–H and O–H groups in total. The zero-order chi connectivity index (χ0) is 16.9. The minimum absolute atomic E-state index is 0.382. The summed E-state index contributed by atoms with van der Waals surface area (Å²) in [4.78, 5) is 16.5. The lowest BCUT2D eigenvalue weighted by Gasteiger charge is -2.12. The number of benzene rings is 2. The van der Waals surface area contributed by atoms with E-state index in [1.165, 1.54) is 7.11 Å². The van der Waals surface area contributed by atoms with Gasteiger partial charge < -0.3 is 14.2 Å². The highest BCUT2D eigenvalue weighted by Gasteiger charge is 2.12. The molecule has 3 rings (SSSR count). The minimum atomic E-state index is -0.639. The van der Waals surface area contributed by atoms with E-state index in [4.69, 9.17) is 14.2 Å². The number of carbonyl (C=O) groups is 1. The van der Waals surface area contributed by atoms with Crippen molar-refractivity contribution in [1.82, 2.24) is 4.98 Å². The van der Waals surface area contributed by atoms with Gasteiger partial charge in [0.1, 0.15) is 17.0 Å².